The Kier molecular flexibility index (Phi) is 4.01. The molecule has 0 unspecified atom stereocenters. The smallest absolute Gasteiger partial charge is 0.349 e. The molecular weight excluding hydrogens is 268 g/mol. The highest BCUT2D eigenvalue weighted by atomic mass is 19.3. The molecule has 1 aliphatic rings. The van der Waals surface area contributed by atoms with Crippen LogP contribution in [0.4, 0.5) is 8.78 Å². The minimum Gasteiger partial charge on any atom is -0.481 e. The second-order valence-electron chi connectivity index (χ2n) is 4.96. The van der Waals surface area contributed by atoms with Gasteiger partial charge >= 0.3 is 11.9 Å². The number of carboxylic acid groups (broad SMARTS) is 1. The van der Waals surface area contributed by atoms with Gasteiger partial charge in [-0.1, -0.05) is 30.3 Å². The maximum atomic E-state index is 13.9. The van der Waals surface area contributed by atoms with E-state index in [0.29, 0.717) is 12.8 Å². The summed E-state index contributed by atoms with van der Waals surface area (Å²) in [5, 5.41) is 11.1. The molecule has 1 amide bonds. The average molecular weight is 283 g/mol. The molecule has 20 heavy (non-hydrogen) atoms. The first-order chi connectivity index (χ1) is 9.41. The minimum absolute atomic E-state index is 0.200. The third-order valence-corrected chi connectivity index (χ3v) is 3.54. The molecule has 0 radical (unpaired) electrons. The summed E-state index contributed by atoms with van der Waals surface area (Å²) < 4.78 is 27.9. The largest absolute Gasteiger partial charge is 0.481 e. The summed E-state index contributed by atoms with van der Waals surface area (Å²) in [4.78, 5) is 22.5. The zero-order chi connectivity index (χ0) is 14.8. The Bertz CT molecular complexity index is 504. The van der Waals surface area contributed by atoms with Crippen LogP contribution in [-0.2, 0) is 15.5 Å². The Balaban J connectivity index is 2.00. The molecule has 1 fully saturated rings. The van der Waals surface area contributed by atoms with Gasteiger partial charge in [-0.2, -0.15) is 8.78 Å². The number of hydrogen-bond donors (Lipinski definition) is 2. The van der Waals surface area contributed by atoms with Crippen LogP contribution in [0.25, 0.3) is 0 Å². The van der Waals surface area contributed by atoms with Gasteiger partial charge in [0, 0.05) is 11.6 Å². The van der Waals surface area contributed by atoms with E-state index in [1.165, 1.54) is 24.3 Å². The van der Waals surface area contributed by atoms with Crippen LogP contribution in [0.15, 0.2) is 30.3 Å². The van der Waals surface area contributed by atoms with E-state index in [-0.39, 0.29) is 12.0 Å². The summed E-state index contributed by atoms with van der Waals surface area (Å²) in [6.45, 7) is 0. The first-order valence-electron chi connectivity index (χ1n) is 6.38. The fourth-order valence-corrected chi connectivity index (χ4v) is 2.39. The number of hydrogen-bond acceptors (Lipinski definition) is 2. The van der Waals surface area contributed by atoms with Crippen molar-refractivity contribution in [3.8, 4) is 0 Å². The molecule has 4 nitrogen and oxygen atoms in total. The standard InChI is InChI=1S/C14H15F2NO3/c15-14(16,10-4-2-1-3-5-10)13(20)17-11-7-6-9(8-11)12(18)19/h1-5,9,11H,6-8H2,(H,17,20)(H,18,19)/t9-,11+/m0/s1. The fourth-order valence-electron chi connectivity index (χ4n) is 2.39. The lowest BCUT2D eigenvalue weighted by atomic mass is 10.1. The number of nitrogens with one attached hydrogen (secondary N) is 1. The lowest BCUT2D eigenvalue weighted by Crippen LogP contribution is -2.43. The van der Waals surface area contributed by atoms with Crippen molar-refractivity contribution in [2.75, 3.05) is 0 Å². The van der Waals surface area contributed by atoms with Gasteiger partial charge in [0.05, 0.1) is 5.92 Å². The highest BCUT2D eigenvalue weighted by Crippen LogP contribution is 2.30. The summed E-state index contributed by atoms with van der Waals surface area (Å²) in [6.07, 6.45) is 1.01. The molecule has 2 N–H and O–H groups in total. The van der Waals surface area contributed by atoms with E-state index in [1.807, 2.05) is 0 Å². The van der Waals surface area contributed by atoms with Gasteiger partial charge in [-0.3, -0.25) is 9.59 Å². The number of rotatable bonds is 4. The van der Waals surface area contributed by atoms with Crippen LogP contribution >= 0.6 is 0 Å². The molecule has 6 heteroatoms. The predicted molar refractivity (Wildman–Crippen MR) is 67.2 cm³/mol. The second-order valence-corrected chi connectivity index (χ2v) is 4.96. The van der Waals surface area contributed by atoms with Crippen LogP contribution < -0.4 is 5.32 Å². The van der Waals surface area contributed by atoms with Gasteiger partial charge in [0.15, 0.2) is 0 Å². The van der Waals surface area contributed by atoms with Crippen molar-refractivity contribution in [2.24, 2.45) is 5.92 Å². The molecular formula is C14H15F2NO3. The second kappa shape index (κ2) is 5.56. The van der Waals surface area contributed by atoms with E-state index >= 15 is 0 Å². The van der Waals surface area contributed by atoms with Crippen LogP contribution in [0.2, 0.25) is 0 Å². The molecule has 1 aliphatic carbocycles. The van der Waals surface area contributed by atoms with Crippen molar-refractivity contribution in [3.63, 3.8) is 0 Å². The monoisotopic (exact) mass is 283 g/mol. The molecule has 1 aromatic carbocycles. The first kappa shape index (κ1) is 14.4. The zero-order valence-corrected chi connectivity index (χ0v) is 10.7. The zero-order valence-electron chi connectivity index (χ0n) is 10.7. The molecule has 1 aromatic rings. The number of carboxylic acids is 1. The van der Waals surface area contributed by atoms with Gasteiger partial charge in [-0.15, -0.1) is 0 Å². The normalized spacial score (nSPS) is 22.5. The van der Waals surface area contributed by atoms with Crippen LogP contribution in [0, 0.1) is 5.92 Å². The van der Waals surface area contributed by atoms with E-state index in [1.54, 1.807) is 6.07 Å². The van der Waals surface area contributed by atoms with E-state index in [2.05, 4.69) is 5.32 Å². The Morgan fingerprint density at radius 1 is 1.20 bits per heavy atom. The number of alkyl halides is 2. The quantitative estimate of drug-likeness (QED) is 0.889. The molecule has 2 atom stereocenters. The summed E-state index contributed by atoms with van der Waals surface area (Å²) in [5.74, 6) is -6.50. The Hall–Kier alpha value is -1.98. The average Bonchev–Trinajstić information content (AvgIpc) is 2.88. The van der Waals surface area contributed by atoms with E-state index in [4.69, 9.17) is 5.11 Å². The van der Waals surface area contributed by atoms with Gasteiger partial charge in [-0.25, -0.2) is 0 Å². The highest BCUT2D eigenvalue weighted by Gasteiger charge is 2.42. The Morgan fingerprint density at radius 3 is 2.40 bits per heavy atom. The van der Waals surface area contributed by atoms with E-state index in [9.17, 15) is 18.4 Å². The van der Waals surface area contributed by atoms with Crippen LogP contribution in [-0.4, -0.2) is 23.0 Å². The van der Waals surface area contributed by atoms with Crippen molar-refractivity contribution < 1.29 is 23.5 Å². The van der Waals surface area contributed by atoms with Crippen molar-refractivity contribution in [3.05, 3.63) is 35.9 Å². The summed E-state index contributed by atoms with van der Waals surface area (Å²) in [7, 11) is 0. The third kappa shape index (κ3) is 2.95. The number of halogens is 2. The Labute approximate surface area is 114 Å². The van der Waals surface area contributed by atoms with Crippen molar-refractivity contribution in [1.82, 2.24) is 5.32 Å². The summed E-state index contributed by atoms with van der Waals surface area (Å²) >= 11 is 0. The molecule has 108 valence electrons. The van der Waals surface area contributed by atoms with Gasteiger partial charge in [0.25, 0.3) is 5.91 Å². The number of carbonyl (C=O) groups excluding carboxylic acids is 1. The highest BCUT2D eigenvalue weighted by molar-refractivity contribution is 5.85. The molecule has 0 bridgehead atoms. The molecule has 0 spiro atoms. The molecule has 0 aromatic heterocycles. The van der Waals surface area contributed by atoms with Crippen LogP contribution in [0.1, 0.15) is 24.8 Å². The SMILES string of the molecule is O=C(O)[C@H]1CC[C@@H](NC(=O)C(F)(F)c2ccccc2)C1. The lowest BCUT2D eigenvalue weighted by Gasteiger charge is -2.19. The maximum absolute atomic E-state index is 13.9. The molecule has 2 rings (SSSR count). The predicted octanol–water partition coefficient (Wildman–Crippen LogP) is 2.15. The maximum Gasteiger partial charge on any atom is 0.349 e. The molecule has 0 aliphatic heterocycles. The Morgan fingerprint density at radius 2 is 1.85 bits per heavy atom. The van der Waals surface area contributed by atoms with Crippen molar-refractivity contribution >= 4 is 11.9 Å². The third-order valence-electron chi connectivity index (χ3n) is 3.54. The summed E-state index contributed by atoms with van der Waals surface area (Å²) in [5.41, 5.74) is -0.370. The van der Waals surface area contributed by atoms with Gasteiger partial charge < -0.3 is 10.4 Å². The van der Waals surface area contributed by atoms with Gasteiger partial charge in [-0.05, 0) is 19.3 Å². The van der Waals surface area contributed by atoms with Crippen molar-refractivity contribution in [2.45, 2.75) is 31.2 Å². The van der Waals surface area contributed by atoms with Crippen molar-refractivity contribution in [1.29, 1.82) is 0 Å². The minimum atomic E-state index is -3.61. The van der Waals surface area contributed by atoms with Crippen LogP contribution in [0.5, 0.6) is 0 Å². The van der Waals surface area contributed by atoms with Gasteiger partial charge in [0.2, 0.25) is 0 Å². The molecule has 1 saturated carbocycles. The topological polar surface area (TPSA) is 66.4 Å². The first-order valence-corrected chi connectivity index (χ1v) is 6.38. The number of carbonyl (C=O) groups is 2. The van der Waals surface area contributed by atoms with E-state index in [0.717, 1.165) is 0 Å². The number of amides is 1. The van der Waals surface area contributed by atoms with E-state index < -0.39 is 29.8 Å². The molecule has 0 saturated heterocycles. The fraction of sp³-hybridized carbons (Fsp3) is 0.429. The molecule has 0 heterocycles. The number of benzene rings is 1. The number of aliphatic carboxylic acids is 1. The van der Waals surface area contributed by atoms with Gasteiger partial charge in [0.1, 0.15) is 0 Å². The summed E-state index contributed by atoms with van der Waals surface area (Å²) in [6, 6.07) is 6.34. The van der Waals surface area contributed by atoms with Crippen LogP contribution in [0.3, 0.4) is 0 Å². The lowest BCUT2D eigenvalue weighted by molar-refractivity contribution is -0.148.